The minimum Gasteiger partial charge on any atom is -0.340 e. The molecule has 4 fully saturated rings. The predicted octanol–water partition coefficient (Wildman–Crippen LogP) is -0.454. The Kier molecular flexibility index (Phi) is 2.17. The second kappa shape index (κ2) is 3.45. The van der Waals surface area contributed by atoms with E-state index in [-0.39, 0.29) is 11.4 Å². The van der Waals surface area contributed by atoms with E-state index in [9.17, 15) is 4.79 Å². The van der Waals surface area contributed by atoms with Gasteiger partial charge in [0, 0.05) is 13.1 Å². The topological polar surface area (TPSA) is 56.7 Å². The lowest BCUT2D eigenvalue weighted by molar-refractivity contribution is -0.131. The van der Waals surface area contributed by atoms with Gasteiger partial charge in [-0.1, -0.05) is 0 Å². The van der Waals surface area contributed by atoms with Crippen molar-refractivity contribution in [2.45, 2.75) is 25.3 Å². The minimum atomic E-state index is -0.384. The fourth-order valence-electron chi connectivity index (χ4n) is 3.22. The fourth-order valence-corrected chi connectivity index (χ4v) is 3.22. The third-order valence-electron chi connectivity index (χ3n) is 4.05. The summed E-state index contributed by atoms with van der Waals surface area (Å²) in [7, 11) is 0. The summed E-state index contributed by atoms with van der Waals surface area (Å²) in [4.78, 5) is 18.8. The molecule has 88 valence electrons. The molecule has 1 unspecified atom stereocenters. The highest BCUT2D eigenvalue weighted by atomic mass is 16.2. The van der Waals surface area contributed by atoms with E-state index in [2.05, 4.69) is 20.5 Å². The van der Waals surface area contributed by atoms with Gasteiger partial charge in [0.25, 0.3) is 5.91 Å². The quantitative estimate of drug-likeness (QED) is 0.631. The monoisotopic (exact) mass is 222 g/mol. The number of hydrogen-bond acceptors (Lipinski definition) is 3. The highest BCUT2D eigenvalue weighted by Crippen LogP contribution is 2.37. The van der Waals surface area contributed by atoms with Gasteiger partial charge < -0.3 is 10.2 Å². The van der Waals surface area contributed by atoms with Crippen molar-refractivity contribution < 1.29 is 4.79 Å². The fraction of sp³-hybridized carbons (Fsp3) is 0.818. The number of carbonyl (C=O) groups excluding carboxylic acids is 1. The van der Waals surface area contributed by atoms with Gasteiger partial charge in [-0.05, 0) is 38.8 Å². The summed E-state index contributed by atoms with van der Waals surface area (Å²) in [6.45, 7) is 5.80. The van der Waals surface area contributed by atoms with Crippen LogP contribution in [0.3, 0.4) is 0 Å². The number of aliphatic imine (C=N–C) groups is 1. The van der Waals surface area contributed by atoms with Crippen molar-refractivity contribution in [2.75, 3.05) is 26.2 Å². The zero-order valence-corrected chi connectivity index (χ0v) is 9.62. The van der Waals surface area contributed by atoms with E-state index in [1.54, 1.807) is 0 Å². The third kappa shape index (κ3) is 1.27. The molecule has 5 heteroatoms. The van der Waals surface area contributed by atoms with E-state index in [0.29, 0.717) is 18.4 Å². The second-order valence-electron chi connectivity index (χ2n) is 4.92. The summed E-state index contributed by atoms with van der Waals surface area (Å²) in [6, 6.07) is 0. The summed E-state index contributed by atoms with van der Waals surface area (Å²) < 4.78 is 0. The molecule has 0 aromatic heterocycles. The van der Waals surface area contributed by atoms with Crippen LogP contribution < -0.4 is 10.6 Å². The molecular formula is C11H18N4O. The van der Waals surface area contributed by atoms with Crippen LogP contribution in [0.5, 0.6) is 0 Å². The van der Waals surface area contributed by atoms with Gasteiger partial charge in [0.15, 0.2) is 5.96 Å². The Morgan fingerprint density at radius 2 is 2.25 bits per heavy atom. The largest absolute Gasteiger partial charge is 0.340 e. The molecule has 2 N–H and O–H groups in total. The second-order valence-corrected chi connectivity index (χ2v) is 4.92. The third-order valence-corrected chi connectivity index (χ3v) is 4.05. The summed E-state index contributed by atoms with van der Waals surface area (Å²) in [5, 5.41) is 6.21. The van der Waals surface area contributed by atoms with Crippen molar-refractivity contribution in [3.8, 4) is 0 Å². The van der Waals surface area contributed by atoms with E-state index < -0.39 is 0 Å². The molecule has 0 saturated carbocycles. The van der Waals surface area contributed by atoms with Crippen LogP contribution in [0, 0.1) is 5.92 Å². The predicted molar refractivity (Wildman–Crippen MR) is 61.1 cm³/mol. The molecule has 4 aliphatic rings. The maximum absolute atomic E-state index is 12.1. The number of nitrogens with zero attached hydrogens (tertiary/aromatic N) is 2. The zero-order chi connectivity index (χ0) is 11.2. The van der Waals surface area contributed by atoms with Crippen molar-refractivity contribution >= 4 is 11.9 Å². The average molecular weight is 222 g/mol. The van der Waals surface area contributed by atoms with Crippen LogP contribution in [0.25, 0.3) is 0 Å². The van der Waals surface area contributed by atoms with Crippen LogP contribution in [0.1, 0.15) is 19.8 Å². The number of piperidine rings is 3. The van der Waals surface area contributed by atoms with Gasteiger partial charge in [0.05, 0.1) is 0 Å². The van der Waals surface area contributed by atoms with Crippen molar-refractivity contribution in [1.82, 2.24) is 15.5 Å². The van der Waals surface area contributed by atoms with Gasteiger partial charge in [-0.3, -0.25) is 15.1 Å². The first-order valence-corrected chi connectivity index (χ1v) is 6.11. The van der Waals surface area contributed by atoms with E-state index in [4.69, 9.17) is 0 Å². The molecule has 4 aliphatic heterocycles. The van der Waals surface area contributed by atoms with Crippen LogP contribution in [0.4, 0.5) is 0 Å². The summed E-state index contributed by atoms with van der Waals surface area (Å²) in [6.07, 6.45) is 2.25. The summed E-state index contributed by atoms with van der Waals surface area (Å²) >= 11 is 0. The molecule has 2 bridgehead atoms. The zero-order valence-electron chi connectivity index (χ0n) is 9.62. The maximum atomic E-state index is 12.1. The van der Waals surface area contributed by atoms with Crippen molar-refractivity contribution in [1.29, 1.82) is 0 Å². The van der Waals surface area contributed by atoms with Crippen molar-refractivity contribution in [3.63, 3.8) is 0 Å². The van der Waals surface area contributed by atoms with Crippen molar-refractivity contribution in [3.05, 3.63) is 0 Å². The summed E-state index contributed by atoms with van der Waals surface area (Å²) in [5.41, 5.74) is -0.384. The molecule has 0 radical (unpaired) electrons. The minimum absolute atomic E-state index is 0.120. The van der Waals surface area contributed by atoms with Crippen LogP contribution >= 0.6 is 0 Å². The van der Waals surface area contributed by atoms with E-state index in [1.165, 1.54) is 0 Å². The number of amides is 1. The lowest BCUT2D eigenvalue weighted by atomic mass is 9.73. The van der Waals surface area contributed by atoms with Gasteiger partial charge in [-0.2, -0.15) is 0 Å². The molecule has 5 nitrogen and oxygen atoms in total. The molecule has 0 aliphatic carbocycles. The van der Waals surface area contributed by atoms with Crippen LogP contribution in [-0.4, -0.2) is 48.5 Å². The molecule has 1 atom stereocenters. The molecule has 4 saturated heterocycles. The van der Waals surface area contributed by atoms with Gasteiger partial charge in [-0.15, -0.1) is 0 Å². The van der Waals surface area contributed by atoms with Crippen LogP contribution in [0.2, 0.25) is 0 Å². The lowest BCUT2D eigenvalue weighted by Gasteiger charge is -2.49. The van der Waals surface area contributed by atoms with E-state index in [1.807, 2.05) is 6.92 Å². The highest BCUT2D eigenvalue weighted by molar-refractivity contribution is 6.09. The number of carbonyl (C=O) groups is 1. The first kappa shape index (κ1) is 10.1. The standard InChI is InChI=1S/C11H18N4O/c1-2-12-10-13-9(16)11(14-10)7-15-5-3-8(11)4-6-15/h8H,2-7H2,1H3,(H2,12,13,14,16). The number of hydrogen-bond donors (Lipinski definition) is 2. The molecular weight excluding hydrogens is 204 g/mol. The normalized spacial score (nSPS) is 43.8. The Morgan fingerprint density at radius 1 is 1.50 bits per heavy atom. The maximum Gasteiger partial charge on any atom is 0.254 e. The number of rotatable bonds is 1. The molecule has 0 aromatic rings. The van der Waals surface area contributed by atoms with Crippen LogP contribution in [0.15, 0.2) is 4.99 Å². The molecule has 16 heavy (non-hydrogen) atoms. The van der Waals surface area contributed by atoms with Crippen molar-refractivity contribution in [2.24, 2.45) is 10.9 Å². The number of guanidine groups is 1. The Labute approximate surface area is 95.3 Å². The molecule has 0 aromatic carbocycles. The first-order valence-electron chi connectivity index (χ1n) is 6.11. The van der Waals surface area contributed by atoms with E-state index >= 15 is 0 Å². The smallest absolute Gasteiger partial charge is 0.254 e. The molecule has 4 rings (SSSR count). The Balaban J connectivity index is 1.88. The van der Waals surface area contributed by atoms with Gasteiger partial charge in [0.2, 0.25) is 0 Å². The molecule has 4 heterocycles. The van der Waals surface area contributed by atoms with Gasteiger partial charge in [0.1, 0.15) is 5.54 Å². The van der Waals surface area contributed by atoms with Gasteiger partial charge in [-0.25, -0.2) is 0 Å². The number of fused-ring (bicyclic) bond motifs is 2. The SMILES string of the molecule is CCN=C1NC(=O)C2(CN3CCC2CC3)N1. The first-order chi connectivity index (χ1) is 7.74. The Bertz CT molecular complexity index is 346. The highest BCUT2D eigenvalue weighted by Gasteiger charge is 2.55. The van der Waals surface area contributed by atoms with Crippen LogP contribution in [-0.2, 0) is 4.79 Å². The Hall–Kier alpha value is -1.10. The Morgan fingerprint density at radius 3 is 2.81 bits per heavy atom. The summed E-state index contributed by atoms with van der Waals surface area (Å²) in [5.74, 6) is 1.26. The van der Waals surface area contributed by atoms with Gasteiger partial charge >= 0.3 is 0 Å². The average Bonchev–Trinajstić information content (AvgIpc) is 2.58. The molecule has 1 spiro atoms. The lowest BCUT2D eigenvalue weighted by Crippen LogP contribution is -2.67. The molecule has 1 amide bonds. The van der Waals surface area contributed by atoms with E-state index in [0.717, 1.165) is 32.5 Å². The number of nitrogens with one attached hydrogen (secondary N) is 2.